The van der Waals surface area contributed by atoms with Gasteiger partial charge in [0.25, 0.3) is 0 Å². The van der Waals surface area contributed by atoms with E-state index < -0.39 is 41.0 Å². The molecule has 1 aliphatic rings. The van der Waals surface area contributed by atoms with Gasteiger partial charge < -0.3 is 30.7 Å². The molecule has 0 aliphatic carbocycles. The number of nitrogens with one attached hydrogen (secondary N) is 2. The molecule has 1 atom stereocenters. The van der Waals surface area contributed by atoms with Gasteiger partial charge in [-0.3, -0.25) is 19.5 Å². The fourth-order valence-corrected chi connectivity index (χ4v) is 4.11. The van der Waals surface area contributed by atoms with Gasteiger partial charge >= 0.3 is 23.8 Å². The summed E-state index contributed by atoms with van der Waals surface area (Å²) in [6, 6.07) is 6.65. The van der Waals surface area contributed by atoms with Gasteiger partial charge in [-0.25, -0.2) is 14.4 Å². The third-order valence-corrected chi connectivity index (χ3v) is 6.23. The van der Waals surface area contributed by atoms with E-state index >= 15 is 0 Å². The predicted octanol–water partition coefficient (Wildman–Crippen LogP) is 1.17. The van der Waals surface area contributed by atoms with Crippen molar-refractivity contribution >= 4 is 29.8 Å². The molecular formula is C27H37N7O7. The molecule has 2 heterocycles. The lowest BCUT2D eigenvalue weighted by Gasteiger charge is -2.38. The van der Waals surface area contributed by atoms with Gasteiger partial charge in [0.1, 0.15) is 23.0 Å². The van der Waals surface area contributed by atoms with Gasteiger partial charge in [0.05, 0.1) is 5.69 Å². The van der Waals surface area contributed by atoms with Gasteiger partial charge in [0.2, 0.25) is 5.91 Å². The summed E-state index contributed by atoms with van der Waals surface area (Å²) in [5, 5.41) is 14.2. The lowest BCUT2D eigenvalue weighted by molar-refractivity contribution is -0.139. The van der Waals surface area contributed by atoms with Crippen LogP contribution in [0.5, 0.6) is 0 Å². The molecule has 4 amide bonds. The number of benzene rings is 1. The van der Waals surface area contributed by atoms with Gasteiger partial charge in [-0.15, -0.1) is 0 Å². The fourth-order valence-electron chi connectivity index (χ4n) is 4.11. The zero-order valence-electron chi connectivity index (χ0n) is 23.8. The van der Waals surface area contributed by atoms with Crippen LogP contribution in [0.3, 0.4) is 0 Å². The van der Waals surface area contributed by atoms with Crippen LogP contribution in [0.25, 0.3) is 5.69 Å². The van der Waals surface area contributed by atoms with Crippen molar-refractivity contribution in [2.24, 2.45) is 5.73 Å². The SMILES string of the molecule is CC(C)(C)OC(=O)NC(C)(C)C(=O)N1CCN(C(=O)Nc2ccn(-c3ccc(C[C@H](N)C(=O)O)cc3)c(=O)n2)CC1. The summed E-state index contributed by atoms with van der Waals surface area (Å²) in [7, 11) is 0. The molecule has 0 spiro atoms. The molecule has 0 bridgehead atoms. The van der Waals surface area contributed by atoms with Crippen LogP contribution >= 0.6 is 0 Å². The topological polar surface area (TPSA) is 189 Å². The highest BCUT2D eigenvalue weighted by atomic mass is 16.6. The summed E-state index contributed by atoms with van der Waals surface area (Å²) < 4.78 is 6.53. The van der Waals surface area contributed by atoms with Gasteiger partial charge in [0.15, 0.2) is 0 Å². The smallest absolute Gasteiger partial charge is 0.408 e. The Morgan fingerprint density at radius 3 is 2.12 bits per heavy atom. The van der Waals surface area contributed by atoms with Crippen LogP contribution in [0.2, 0.25) is 0 Å². The summed E-state index contributed by atoms with van der Waals surface area (Å²) in [6.45, 7) is 9.39. The maximum Gasteiger partial charge on any atom is 0.408 e. The van der Waals surface area contributed by atoms with E-state index in [0.29, 0.717) is 11.3 Å². The molecule has 0 unspecified atom stereocenters. The number of rotatable bonds is 7. The average Bonchev–Trinajstić information content (AvgIpc) is 2.87. The van der Waals surface area contributed by atoms with Crippen LogP contribution in [0.4, 0.5) is 15.4 Å². The first kappa shape index (κ1) is 31.1. The van der Waals surface area contributed by atoms with Crippen LogP contribution in [0, 0.1) is 0 Å². The van der Waals surface area contributed by atoms with Crippen molar-refractivity contribution in [3.05, 3.63) is 52.6 Å². The Hall–Kier alpha value is -4.46. The molecule has 0 radical (unpaired) electrons. The molecule has 2 aromatic rings. The fraction of sp³-hybridized carbons (Fsp3) is 0.481. The van der Waals surface area contributed by atoms with E-state index in [9.17, 15) is 24.0 Å². The number of urea groups is 1. The molecule has 1 aliphatic heterocycles. The van der Waals surface area contributed by atoms with E-state index in [4.69, 9.17) is 15.6 Å². The van der Waals surface area contributed by atoms with Crippen molar-refractivity contribution in [2.75, 3.05) is 31.5 Å². The summed E-state index contributed by atoms with van der Waals surface area (Å²) in [5.41, 5.74) is 4.26. The Morgan fingerprint density at radius 1 is 1.00 bits per heavy atom. The standard InChI is InChI=1S/C27H37N7O7/c1-26(2,3)41-25(40)31-27(4,5)22(37)32-12-14-33(15-13-32)23(38)29-20-10-11-34(24(39)30-20)18-8-6-17(7-9-18)16-19(28)21(35)36/h6-11,19H,12-16,28H2,1-5H3,(H,31,40)(H,35,36)(H,29,30,38,39)/t19-/m0/s1. The number of alkyl carbamates (subject to hydrolysis) is 1. The number of hydrogen-bond donors (Lipinski definition) is 4. The summed E-state index contributed by atoms with van der Waals surface area (Å²) in [6.07, 6.45) is 0.927. The Morgan fingerprint density at radius 2 is 1.59 bits per heavy atom. The first-order valence-corrected chi connectivity index (χ1v) is 13.1. The zero-order chi connectivity index (χ0) is 30.5. The number of aliphatic carboxylic acids is 1. The van der Waals surface area contributed by atoms with E-state index in [0.717, 1.165) is 0 Å². The molecular weight excluding hydrogens is 534 g/mol. The first-order chi connectivity index (χ1) is 19.1. The highest BCUT2D eigenvalue weighted by Gasteiger charge is 2.36. The van der Waals surface area contributed by atoms with Crippen LogP contribution in [-0.2, 0) is 20.7 Å². The number of carboxylic acid groups (broad SMARTS) is 1. The van der Waals surface area contributed by atoms with Gasteiger partial charge in [0, 0.05) is 32.4 Å². The number of nitrogens with two attached hydrogens (primary N) is 1. The van der Waals surface area contributed by atoms with E-state index in [2.05, 4.69) is 15.6 Å². The Balaban J connectivity index is 1.55. The highest BCUT2D eigenvalue weighted by Crippen LogP contribution is 2.15. The minimum atomic E-state index is -1.20. The monoisotopic (exact) mass is 571 g/mol. The van der Waals surface area contributed by atoms with E-state index in [1.54, 1.807) is 63.8 Å². The van der Waals surface area contributed by atoms with Crippen LogP contribution in [0.15, 0.2) is 41.3 Å². The molecule has 1 aromatic carbocycles. The van der Waals surface area contributed by atoms with Crippen LogP contribution in [-0.4, -0.2) is 91.8 Å². The molecule has 1 aromatic heterocycles. The average molecular weight is 572 g/mol. The van der Waals surface area contributed by atoms with Crippen molar-refractivity contribution in [3.63, 3.8) is 0 Å². The molecule has 222 valence electrons. The number of nitrogens with zero attached hydrogens (tertiary/aromatic N) is 4. The van der Waals surface area contributed by atoms with Crippen LogP contribution < -0.4 is 22.1 Å². The van der Waals surface area contributed by atoms with Gasteiger partial charge in [-0.05, 0) is 64.8 Å². The van der Waals surface area contributed by atoms with E-state index in [-0.39, 0.29) is 44.3 Å². The van der Waals surface area contributed by atoms with Gasteiger partial charge in [-0.2, -0.15) is 4.98 Å². The predicted molar refractivity (Wildman–Crippen MR) is 150 cm³/mol. The molecule has 5 N–H and O–H groups in total. The Bertz CT molecular complexity index is 1340. The largest absolute Gasteiger partial charge is 0.480 e. The normalized spacial score (nSPS) is 14.7. The van der Waals surface area contributed by atoms with Crippen molar-refractivity contribution in [1.29, 1.82) is 0 Å². The second-order valence-corrected chi connectivity index (χ2v) is 11.2. The number of hydrogen-bond acceptors (Lipinski definition) is 8. The zero-order valence-corrected chi connectivity index (χ0v) is 23.8. The number of amides is 4. The molecule has 14 nitrogen and oxygen atoms in total. The van der Waals surface area contributed by atoms with Crippen molar-refractivity contribution in [3.8, 4) is 5.69 Å². The molecule has 1 fully saturated rings. The minimum absolute atomic E-state index is 0.0708. The summed E-state index contributed by atoms with van der Waals surface area (Å²) in [4.78, 5) is 68.6. The molecule has 3 rings (SSSR count). The van der Waals surface area contributed by atoms with E-state index in [1.807, 2.05) is 0 Å². The summed E-state index contributed by atoms with van der Waals surface area (Å²) in [5.74, 6) is -1.33. The minimum Gasteiger partial charge on any atom is -0.480 e. The van der Waals surface area contributed by atoms with Gasteiger partial charge in [-0.1, -0.05) is 12.1 Å². The molecule has 41 heavy (non-hydrogen) atoms. The maximum absolute atomic E-state index is 13.0. The third-order valence-electron chi connectivity index (χ3n) is 6.23. The number of piperazine rings is 1. The summed E-state index contributed by atoms with van der Waals surface area (Å²) >= 11 is 0. The highest BCUT2D eigenvalue weighted by molar-refractivity contribution is 5.90. The Kier molecular flexibility index (Phi) is 9.38. The van der Waals surface area contributed by atoms with Crippen LogP contribution in [0.1, 0.15) is 40.2 Å². The number of anilines is 1. The lowest BCUT2D eigenvalue weighted by Crippen LogP contribution is -2.60. The first-order valence-electron chi connectivity index (χ1n) is 13.1. The molecule has 0 saturated carbocycles. The van der Waals surface area contributed by atoms with E-state index in [1.165, 1.54) is 21.7 Å². The molecule has 14 heteroatoms. The number of carbonyl (C=O) groups is 4. The lowest BCUT2D eigenvalue weighted by atomic mass is 10.0. The number of carbonyl (C=O) groups excluding carboxylic acids is 3. The second kappa shape index (κ2) is 12.4. The quantitative estimate of drug-likeness (QED) is 0.378. The number of carboxylic acids is 1. The number of ether oxygens (including phenoxy) is 1. The number of aromatic nitrogens is 2. The third kappa shape index (κ3) is 8.51. The Labute approximate surface area is 237 Å². The molecule has 1 saturated heterocycles. The van der Waals surface area contributed by atoms with Crippen molar-refractivity contribution < 1.29 is 29.0 Å². The van der Waals surface area contributed by atoms with Crippen molar-refractivity contribution in [1.82, 2.24) is 24.7 Å². The maximum atomic E-state index is 13.0. The second-order valence-electron chi connectivity index (χ2n) is 11.2. The van der Waals surface area contributed by atoms with Crippen molar-refractivity contribution in [2.45, 2.75) is 58.2 Å².